The fourth-order valence-electron chi connectivity index (χ4n) is 15.9. The molecule has 1 saturated heterocycles. The second-order valence-corrected chi connectivity index (χ2v) is 31.7. The molecule has 19 nitrogen and oxygen atoms in total. The largest absolute Gasteiger partial charge is 0.391 e. The molecule has 102 heavy (non-hydrogen) atoms. The van der Waals surface area contributed by atoms with Crippen LogP contribution in [-0.4, -0.2) is 152 Å². The summed E-state index contributed by atoms with van der Waals surface area (Å²) >= 11 is 0. The van der Waals surface area contributed by atoms with Crippen molar-refractivity contribution in [3.8, 4) is 0 Å². The summed E-state index contributed by atoms with van der Waals surface area (Å²) in [6.45, 7) is 15.0. The number of β-amino-alcohol motifs (C(OH)–C–C–N with tert-alkyl or cyclic N) is 1. The Labute approximate surface area is 603 Å². The first-order valence-electron chi connectivity index (χ1n) is 37.3. The van der Waals surface area contributed by atoms with Gasteiger partial charge >= 0.3 is 0 Å². The number of nitrogens with one attached hydrogen (secondary N) is 5. The fraction of sp³-hybridized carbons (Fsp3) is 0.542. The van der Waals surface area contributed by atoms with Crippen LogP contribution in [0.3, 0.4) is 0 Å². The van der Waals surface area contributed by atoms with E-state index in [1.54, 1.807) is 33.2 Å². The molecule has 10 rings (SSSR count). The third-order valence-electron chi connectivity index (χ3n) is 21.2. The Morgan fingerprint density at radius 2 is 0.980 bits per heavy atom. The summed E-state index contributed by atoms with van der Waals surface area (Å²) in [5.74, 6) is -2.42. The molecule has 548 valence electrons. The molecule has 6 amide bonds. The van der Waals surface area contributed by atoms with E-state index in [1.807, 2.05) is 163 Å². The number of aliphatic hydroxyl groups is 2. The molecular formula is C83H111N9O10. The Hall–Kier alpha value is -8.26. The van der Waals surface area contributed by atoms with E-state index in [9.17, 15) is 48.6 Å². The number of amides is 6. The lowest BCUT2D eigenvalue weighted by Gasteiger charge is -2.47. The number of carbonyl (C=O) groups excluding carboxylic acids is 8. The Bertz CT molecular complexity index is 3820. The highest BCUT2D eigenvalue weighted by atomic mass is 16.3. The van der Waals surface area contributed by atoms with Crippen molar-refractivity contribution in [1.29, 1.82) is 0 Å². The number of aromatic nitrogens is 2. The van der Waals surface area contributed by atoms with Crippen LogP contribution in [0.5, 0.6) is 0 Å². The van der Waals surface area contributed by atoms with Gasteiger partial charge in [0, 0.05) is 87.2 Å². The van der Waals surface area contributed by atoms with E-state index in [-0.39, 0.29) is 102 Å². The summed E-state index contributed by atoms with van der Waals surface area (Å²) in [5.41, 5.74) is 2.92. The summed E-state index contributed by atoms with van der Waals surface area (Å²) in [7, 11) is 3.25. The maximum atomic E-state index is 14.2. The Kier molecular flexibility index (Phi) is 27.7. The van der Waals surface area contributed by atoms with E-state index in [4.69, 9.17) is 0 Å². The van der Waals surface area contributed by atoms with Gasteiger partial charge in [0.15, 0.2) is 11.6 Å². The number of carbonyl (C=O) groups is 8. The number of ketones is 2. The number of hydrogen-bond donors (Lipinski definition) is 7. The topological polar surface area (TPSA) is 269 Å². The predicted molar refractivity (Wildman–Crippen MR) is 399 cm³/mol. The van der Waals surface area contributed by atoms with Crippen molar-refractivity contribution in [3.63, 3.8) is 0 Å². The molecule has 1 aliphatic heterocycles. The SMILES string of the molecule is CCNC(=O)CC(CC(=O)c1ccc2ccccc2n1)C(=O)NC(Cc1ccccc1)C(O)CN1CC2CCCCC2CC1C(=O)NC(C)(C)C.CN(C)C(=O)C[C@H](CC(=O)c1ccc2ccccc2n1)C(=O)N[C@@H](Cc1ccccc1)[C@H](O)CC1C[C@@H]2CCCC[C@@H]2C[C@H]1C(=O)NC(C)(C)C. The van der Waals surface area contributed by atoms with Crippen molar-refractivity contribution in [2.45, 2.75) is 205 Å². The highest BCUT2D eigenvalue weighted by molar-refractivity contribution is 6.01. The number of piperidine rings is 1. The molecular weight excluding hydrogens is 1280 g/mol. The number of benzene rings is 4. The number of aliphatic hydroxyl groups excluding tert-OH is 2. The van der Waals surface area contributed by atoms with Crippen molar-refractivity contribution < 1.29 is 48.6 Å². The van der Waals surface area contributed by atoms with Crippen molar-refractivity contribution in [2.75, 3.05) is 33.7 Å². The fourth-order valence-corrected chi connectivity index (χ4v) is 15.9. The third-order valence-corrected chi connectivity index (χ3v) is 21.2. The molecule has 0 radical (unpaired) electrons. The van der Waals surface area contributed by atoms with Crippen LogP contribution in [0.25, 0.3) is 21.8 Å². The predicted octanol–water partition coefficient (Wildman–Crippen LogP) is 11.0. The number of Topliss-reactive ketones (excluding diaryl/α,β-unsaturated/α-hetero) is 2. The number of hydrogen-bond acceptors (Lipinski definition) is 13. The third kappa shape index (κ3) is 22.6. The second kappa shape index (κ2) is 36.2. The quantitative estimate of drug-likeness (QED) is 0.0237. The summed E-state index contributed by atoms with van der Waals surface area (Å²) < 4.78 is 0. The molecule has 7 unspecified atom stereocenters. The maximum Gasteiger partial charge on any atom is 0.237 e. The van der Waals surface area contributed by atoms with E-state index < -0.39 is 53.5 Å². The second-order valence-electron chi connectivity index (χ2n) is 31.7. The maximum absolute atomic E-state index is 14.2. The standard InChI is InChI=1S/C42H56N4O5.C41H55N5O5/c1-42(2,3)45-41(51)33-23-30-17-10-9-16-29(30)22-31(33)24-38(48)36(21-27-13-7-6-8-14-27)44-40(50)32(26-39(49)46(4)5)25-37(47)35-20-19-28-15-11-12-18-34(28)43-35;1-5-42-38(49)24-31(23-36(47)33-20-19-28-15-11-12-18-32(28)43-33)39(50)44-34(21-27-13-7-6-8-14-27)37(48)26-46-25-30-17-10-9-16-29(30)22-35(46)40(51)45-41(2,3)4/h6-8,11-15,18-20,29-33,36,38,48H,9-10,16-17,21-26H2,1-5H3,(H,44,50)(H,45,51);6-8,11-15,18-20,29-31,34-35,37,48H,5,9-10,16-17,21-26H2,1-4H3,(H,42,49)(H,44,50)(H,45,51)/t29-,30+,31?,32-,33+,36-,38+;/m0./s1. The lowest BCUT2D eigenvalue weighted by molar-refractivity contribution is -0.135. The van der Waals surface area contributed by atoms with Crippen LogP contribution >= 0.6 is 0 Å². The molecule has 7 N–H and O–H groups in total. The van der Waals surface area contributed by atoms with Crippen LogP contribution in [0.1, 0.15) is 183 Å². The molecule has 4 aliphatic rings. The van der Waals surface area contributed by atoms with Gasteiger partial charge in [-0.2, -0.15) is 0 Å². The molecule has 13 atom stereocenters. The van der Waals surface area contributed by atoms with Crippen molar-refractivity contribution in [1.82, 2.24) is 46.4 Å². The van der Waals surface area contributed by atoms with Gasteiger partial charge in [-0.25, -0.2) is 9.97 Å². The number of likely N-dealkylation sites (tertiary alicyclic amines) is 1. The zero-order chi connectivity index (χ0) is 73.3. The lowest BCUT2D eigenvalue weighted by atomic mass is 9.62. The first kappa shape index (κ1) is 77.9. The molecule has 0 bridgehead atoms. The molecule has 3 aliphatic carbocycles. The molecule has 2 aromatic heterocycles. The number of fused-ring (bicyclic) bond motifs is 4. The monoisotopic (exact) mass is 1390 g/mol. The number of rotatable bonds is 27. The Morgan fingerprint density at radius 3 is 1.48 bits per heavy atom. The smallest absolute Gasteiger partial charge is 0.237 e. The van der Waals surface area contributed by atoms with Crippen molar-refractivity contribution >= 4 is 68.8 Å². The molecule has 19 heteroatoms. The van der Waals surface area contributed by atoms with E-state index in [0.717, 1.165) is 66.8 Å². The van der Waals surface area contributed by atoms with Gasteiger partial charge in [0.05, 0.1) is 53.2 Å². The number of pyridine rings is 2. The van der Waals surface area contributed by atoms with Crippen molar-refractivity contribution in [2.24, 2.45) is 47.3 Å². The molecule has 6 aromatic rings. The van der Waals surface area contributed by atoms with E-state index in [2.05, 4.69) is 41.5 Å². The van der Waals surface area contributed by atoms with Gasteiger partial charge in [0.25, 0.3) is 0 Å². The van der Waals surface area contributed by atoms with Gasteiger partial charge in [-0.05, 0) is 158 Å². The van der Waals surface area contributed by atoms with Crippen LogP contribution in [0.4, 0.5) is 0 Å². The van der Waals surface area contributed by atoms with Gasteiger partial charge in [-0.1, -0.05) is 154 Å². The summed E-state index contributed by atoms with van der Waals surface area (Å²) in [6.07, 6.45) is 10.0. The molecule has 3 saturated carbocycles. The average Bonchev–Trinajstić information content (AvgIpc) is 0.814. The normalized spacial score (nSPS) is 21.7. The van der Waals surface area contributed by atoms with Crippen LogP contribution in [0.2, 0.25) is 0 Å². The zero-order valence-electron chi connectivity index (χ0n) is 61.5. The van der Waals surface area contributed by atoms with Crippen LogP contribution in [-0.2, 0) is 41.6 Å². The number of para-hydroxylation sites is 2. The lowest BCUT2D eigenvalue weighted by Crippen LogP contribution is -2.60. The highest BCUT2D eigenvalue weighted by Crippen LogP contribution is 2.47. The van der Waals surface area contributed by atoms with Gasteiger partial charge in [0.1, 0.15) is 11.4 Å². The number of nitrogens with zero attached hydrogens (tertiary/aromatic N) is 4. The summed E-state index contributed by atoms with van der Waals surface area (Å²) in [6, 6.07) is 39.5. The van der Waals surface area contributed by atoms with Gasteiger partial charge < -0.3 is 41.7 Å². The van der Waals surface area contributed by atoms with Gasteiger partial charge in [-0.3, -0.25) is 43.3 Å². The first-order valence-corrected chi connectivity index (χ1v) is 37.3. The Balaban J connectivity index is 0.000000237. The molecule has 3 heterocycles. The van der Waals surface area contributed by atoms with Gasteiger partial charge in [0.2, 0.25) is 35.4 Å². The molecule has 0 spiro atoms. The van der Waals surface area contributed by atoms with Gasteiger partial charge in [-0.15, -0.1) is 0 Å². The minimum absolute atomic E-state index is 0.0369. The Morgan fingerprint density at radius 1 is 0.529 bits per heavy atom. The van der Waals surface area contributed by atoms with E-state index in [0.29, 0.717) is 67.1 Å². The van der Waals surface area contributed by atoms with E-state index in [1.165, 1.54) is 30.6 Å². The zero-order valence-corrected chi connectivity index (χ0v) is 61.5. The van der Waals surface area contributed by atoms with Crippen LogP contribution in [0.15, 0.2) is 133 Å². The molecule has 4 aromatic carbocycles. The summed E-state index contributed by atoms with van der Waals surface area (Å²) in [5, 5.41) is 41.1. The molecule has 4 fully saturated rings. The minimum atomic E-state index is -1.03. The summed E-state index contributed by atoms with van der Waals surface area (Å²) in [4.78, 5) is 121. The minimum Gasteiger partial charge on any atom is -0.391 e. The van der Waals surface area contributed by atoms with Crippen LogP contribution in [0, 0.1) is 47.3 Å². The first-order chi connectivity index (χ1) is 48.7. The average molecular weight is 1390 g/mol. The van der Waals surface area contributed by atoms with E-state index >= 15 is 0 Å². The van der Waals surface area contributed by atoms with Crippen molar-refractivity contribution in [3.05, 3.63) is 156 Å². The van der Waals surface area contributed by atoms with Crippen LogP contribution < -0.4 is 26.6 Å². The highest BCUT2D eigenvalue weighted by Gasteiger charge is 2.45.